The molecule has 0 atom stereocenters. The number of nitrogens with zero attached hydrogens (tertiary/aromatic N) is 1. The van der Waals surface area contributed by atoms with E-state index in [4.69, 9.17) is 4.74 Å². The summed E-state index contributed by atoms with van der Waals surface area (Å²) in [6, 6.07) is 13.1. The summed E-state index contributed by atoms with van der Waals surface area (Å²) in [6.07, 6.45) is 0.910. The number of para-hydroxylation sites is 2. The molecular weight excluding hydrogens is 321 g/mol. The third-order valence-electron chi connectivity index (χ3n) is 3.46. The minimum atomic E-state index is -0.179. The lowest BCUT2D eigenvalue weighted by Gasteiger charge is -2.26. The van der Waals surface area contributed by atoms with Gasteiger partial charge in [0.1, 0.15) is 11.6 Å². The highest BCUT2D eigenvalue weighted by atomic mass is 79.9. The molecule has 1 heterocycles. The average Bonchev–Trinajstić information content (AvgIpc) is 2.69. The van der Waals surface area contributed by atoms with Crippen molar-refractivity contribution in [3.8, 4) is 5.75 Å². The molecule has 4 heteroatoms. The number of benzene rings is 2. The fraction of sp³-hybridized carbons (Fsp3) is 0.250. The molecule has 0 aliphatic carbocycles. The summed E-state index contributed by atoms with van der Waals surface area (Å²) in [5.41, 5.74) is 2.59. The molecule has 0 fully saturated rings. The van der Waals surface area contributed by atoms with Crippen molar-refractivity contribution >= 4 is 27.3 Å². The Morgan fingerprint density at radius 2 is 1.90 bits per heavy atom. The molecule has 20 heavy (non-hydrogen) atoms. The van der Waals surface area contributed by atoms with Gasteiger partial charge in [0.15, 0.2) is 0 Å². The van der Waals surface area contributed by atoms with Crippen molar-refractivity contribution in [2.24, 2.45) is 0 Å². The van der Waals surface area contributed by atoms with Crippen molar-refractivity contribution in [1.82, 2.24) is 0 Å². The van der Waals surface area contributed by atoms with E-state index in [2.05, 4.69) is 20.8 Å². The molecule has 0 aromatic heterocycles. The van der Waals surface area contributed by atoms with Crippen LogP contribution in [0.15, 0.2) is 42.5 Å². The fourth-order valence-corrected chi connectivity index (χ4v) is 3.07. The number of fused-ring (bicyclic) bond motifs is 1. The molecule has 1 aliphatic heterocycles. The van der Waals surface area contributed by atoms with Gasteiger partial charge in [-0.2, -0.15) is 0 Å². The van der Waals surface area contributed by atoms with Crippen LogP contribution in [0.3, 0.4) is 0 Å². The molecule has 0 N–H and O–H groups in total. The van der Waals surface area contributed by atoms with Crippen LogP contribution in [0.4, 0.5) is 15.8 Å². The summed E-state index contributed by atoms with van der Waals surface area (Å²) < 4.78 is 19.8. The van der Waals surface area contributed by atoms with Crippen LogP contribution in [-0.2, 0) is 5.33 Å². The van der Waals surface area contributed by atoms with Crippen LogP contribution in [0.25, 0.3) is 0 Å². The number of anilines is 2. The second-order valence-corrected chi connectivity index (χ2v) is 5.25. The topological polar surface area (TPSA) is 12.5 Å². The van der Waals surface area contributed by atoms with Crippen molar-refractivity contribution in [3.63, 3.8) is 0 Å². The first-order valence-corrected chi connectivity index (χ1v) is 7.76. The van der Waals surface area contributed by atoms with E-state index in [1.807, 2.05) is 30.3 Å². The molecule has 3 rings (SSSR count). The zero-order valence-electron chi connectivity index (χ0n) is 11.0. The maximum absolute atomic E-state index is 14.0. The average molecular weight is 336 g/mol. The Bertz CT molecular complexity index is 617. The van der Waals surface area contributed by atoms with Gasteiger partial charge in [-0.25, -0.2) is 4.39 Å². The molecule has 2 aromatic rings. The maximum atomic E-state index is 14.0. The highest BCUT2D eigenvalue weighted by Crippen LogP contribution is 2.38. The van der Waals surface area contributed by atoms with Crippen LogP contribution in [0.1, 0.15) is 12.0 Å². The first-order chi connectivity index (χ1) is 9.81. The zero-order chi connectivity index (χ0) is 13.9. The van der Waals surface area contributed by atoms with Crippen molar-refractivity contribution in [2.45, 2.75) is 11.8 Å². The normalized spacial score (nSPS) is 14.4. The molecule has 0 radical (unpaired) electrons. The smallest absolute Gasteiger partial charge is 0.142 e. The van der Waals surface area contributed by atoms with Gasteiger partial charge in [-0.15, -0.1) is 0 Å². The molecule has 104 valence electrons. The van der Waals surface area contributed by atoms with Gasteiger partial charge in [0, 0.05) is 23.1 Å². The molecule has 2 aromatic carbocycles. The monoisotopic (exact) mass is 335 g/mol. The lowest BCUT2D eigenvalue weighted by molar-refractivity contribution is 0.322. The summed E-state index contributed by atoms with van der Waals surface area (Å²) in [7, 11) is 0. The third kappa shape index (κ3) is 2.40. The molecule has 0 unspecified atom stereocenters. The Balaban J connectivity index is 2.12. The molecule has 1 aliphatic rings. The molecule has 0 saturated heterocycles. The molecule has 0 saturated carbocycles. The predicted molar refractivity (Wildman–Crippen MR) is 82.6 cm³/mol. The van der Waals surface area contributed by atoms with E-state index in [1.54, 1.807) is 6.07 Å². The summed E-state index contributed by atoms with van der Waals surface area (Å²) in [4.78, 5) is 2.14. The maximum Gasteiger partial charge on any atom is 0.142 e. The largest absolute Gasteiger partial charge is 0.491 e. The van der Waals surface area contributed by atoms with Crippen molar-refractivity contribution in [3.05, 3.63) is 53.8 Å². The Labute approximate surface area is 126 Å². The number of rotatable bonds is 2. The van der Waals surface area contributed by atoms with E-state index in [-0.39, 0.29) is 5.82 Å². The summed E-state index contributed by atoms with van der Waals surface area (Å²) in [6.45, 7) is 1.51. The number of hydrogen-bond acceptors (Lipinski definition) is 2. The van der Waals surface area contributed by atoms with Gasteiger partial charge < -0.3 is 9.64 Å². The predicted octanol–water partition coefficient (Wildman–Crippen LogP) is 4.64. The highest BCUT2D eigenvalue weighted by Gasteiger charge is 2.20. The number of halogens is 2. The Hall–Kier alpha value is -1.55. The molecule has 2 nitrogen and oxygen atoms in total. The lowest BCUT2D eigenvalue weighted by atomic mass is 10.1. The van der Waals surface area contributed by atoms with Crippen molar-refractivity contribution < 1.29 is 9.13 Å². The van der Waals surface area contributed by atoms with Crippen molar-refractivity contribution in [2.75, 3.05) is 18.1 Å². The van der Waals surface area contributed by atoms with E-state index in [0.29, 0.717) is 17.5 Å². The van der Waals surface area contributed by atoms with Crippen LogP contribution in [0.5, 0.6) is 5.75 Å². The first-order valence-electron chi connectivity index (χ1n) is 6.64. The van der Waals surface area contributed by atoms with Gasteiger partial charge >= 0.3 is 0 Å². The third-order valence-corrected chi connectivity index (χ3v) is 4.02. The van der Waals surface area contributed by atoms with E-state index in [9.17, 15) is 4.39 Å². The van der Waals surface area contributed by atoms with Gasteiger partial charge in [0.2, 0.25) is 0 Å². The number of hydrogen-bond donors (Lipinski definition) is 0. The van der Waals surface area contributed by atoms with E-state index < -0.39 is 0 Å². The Morgan fingerprint density at radius 1 is 1.10 bits per heavy atom. The minimum absolute atomic E-state index is 0.179. The lowest BCUT2D eigenvalue weighted by Crippen LogP contribution is -2.19. The van der Waals surface area contributed by atoms with Crippen LogP contribution in [0, 0.1) is 5.82 Å². The van der Waals surface area contributed by atoms with Gasteiger partial charge in [-0.3, -0.25) is 0 Å². The molecular formula is C16H15BrFNO. The summed E-state index contributed by atoms with van der Waals surface area (Å²) in [5.74, 6) is 0.678. The van der Waals surface area contributed by atoms with Crippen LogP contribution in [0.2, 0.25) is 0 Å². The van der Waals surface area contributed by atoms with E-state index in [1.165, 1.54) is 6.07 Å². The number of alkyl halides is 1. The van der Waals surface area contributed by atoms with Gasteiger partial charge in [-0.1, -0.05) is 34.1 Å². The summed E-state index contributed by atoms with van der Waals surface area (Å²) >= 11 is 3.39. The fourth-order valence-electron chi connectivity index (χ4n) is 2.51. The minimum Gasteiger partial charge on any atom is -0.491 e. The van der Waals surface area contributed by atoms with Gasteiger partial charge in [0.05, 0.1) is 12.3 Å². The Kier molecular flexibility index (Phi) is 3.92. The first kappa shape index (κ1) is 13.4. The standard InChI is InChI=1S/C16H15BrFNO/c17-11-12-13(18)5-3-7-14(12)19-9-4-10-20-16-8-2-1-6-15(16)19/h1-3,5-8H,4,9-11H2. The van der Waals surface area contributed by atoms with Crippen molar-refractivity contribution in [1.29, 1.82) is 0 Å². The van der Waals surface area contributed by atoms with Crippen LogP contribution in [-0.4, -0.2) is 13.2 Å². The SMILES string of the molecule is Fc1cccc(N2CCCOc3ccccc32)c1CBr. The van der Waals surface area contributed by atoms with E-state index >= 15 is 0 Å². The van der Waals surface area contributed by atoms with Gasteiger partial charge in [-0.05, 0) is 30.7 Å². The summed E-state index contributed by atoms with van der Waals surface area (Å²) in [5, 5.41) is 0.495. The second kappa shape index (κ2) is 5.83. The molecule has 0 bridgehead atoms. The second-order valence-electron chi connectivity index (χ2n) is 4.69. The quantitative estimate of drug-likeness (QED) is 0.741. The molecule has 0 amide bonds. The van der Waals surface area contributed by atoms with Crippen LogP contribution >= 0.6 is 15.9 Å². The molecule has 0 spiro atoms. The van der Waals surface area contributed by atoms with Crippen LogP contribution < -0.4 is 9.64 Å². The Morgan fingerprint density at radius 3 is 2.75 bits per heavy atom. The van der Waals surface area contributed by atoms with E-state index in [0.717, 1.165) is 30.1 Å². The number of ether oxygens (including phenoxy) is 1. The highest BCUT2D eigenvalue weighted by molar-refractivity contribution is 9.08. The zero-order valence-corrected chi connectivity index (χ0v) is 12.6. The van der Waals surface area contributed by atoms with Gasteiger partial charge in [0.25, 0.3) is 0 Å².